The molecule has 2 heteroatoms. The summed E-state index contributed by atoms with van der Waals surface area (Å²) in [4.78, 5) is 0. The average molecular weight is 158 g/mol. The Hall–Kier alpha value is 0.180. The van der Waals surface area contributed by atoms with Crippen molar-refractivity contribution >= 4 is 0 Å². The minimum Gasteiger partial charge on any atom is -0.566 e. The topological polar surface area (TPSA) is 20.2 Å². The van der Waals surface area contributed by atoms with Gasteiger partial charge in [-0.2, -0.15) is 6.42 Å². The van der Waals surface area contributed by atoms with E-state index in [1.54, 1.807) is 0 Å². The molecule has 0 aliphatic carbocycles. The van der Waals surface area contributed by atoms with E-state index in [4.69, 9.17) is 5.11 Å². The van der Waals surface area contributed by atoms with Crippen molar-refractivity contribution in [1.82, 2.24) is 0 Å². The van der Waals surface area contributed by atoms with E-state index in [1.807, 2.05) is 18.2 Å². The molecule has 0 heterocycles. The zero-order chi connectivity index (χ0) is 7.23. The molecule has 0 aliphatic rings. The molecule has 1 rings (SSSR count). The quantitative estimate of drug-likeness (QED) is 0.449. The molecule has 11 heavy (non-hydrogen) atoms. The molecule has 0 saturated heterocycles. The second kappa shape index (κ2) is 6.86. The summed E-state index contributed by atoms with van der Waals surface area (Å²) in [6.45, 7) is 1.20. The van der Waals surface area contributed by atoms with Gasteiger partial charge in [0, 0.05) is 0 Å². The summed E-state index contributed by atoms with van der Waals surface area (Å²) < 4.78 is 0. The van der Waals surface area contributed by atoms with Gasteiger partial charge >= 0.3 is 29.6 Å². The van der Waals surface area contributed by atoms with Gasteiger partial charge in [0.1, 0.15) is 0 Å². The standard InChI is InChI=1S/C9H11O.Na/c10-8-4-7-9-5-2-1-3-6-9;/h1-3,5-6,8,10H,4,7H2;/q-1;+1. The van der Waals surface area contributed by atoms with Crippen LogP contribution in [0, 0.1) is 6.61 Å². The van der Waals surface area contributed by atoms with E-state index in [1.165, 1.54) is 12.2 Å². The number of benzene rings is 1. The molecule has 0 radical (unpaired) electrons. The average Bonchev–Trinajstić information content (AvgIpc) is 2.03. The fourth-order valence-electron chi connectivity index (χ4n) is 0.876. The second-order valence-corrected chi connectivity index (χ2v) is 2.21. The van der Waals surface area contributed by atoms with E-state index in [0.29, 0.717) is 0 Å². The third-order valence-electron chi connectivity index (χ3n) is 1.40. The van der Waals surface area contributed by atoms with Gasteiger partial charge in [0.2, 0.25) is 0 Å². The molecule has 1 aromatic carbocycles. The van der Waals surface area contributed by atoms with Crippen LogP contribution in [0.25, 0.3) is 0 Å². The molecule has 0 spiro atoms. The minimum absolute atomic E-state index is 0. The fourth-order valence-corrected chi connectivity index (χ4v) is 0.876. The zero-order valence-electron chi connectivity index (χ0n) is 6.83. The number of hydrogen-bond donors (Lipinski definition) is 1. The predicted octanol–water partition coefficient (Wildman–Crippen LogP) is -0.843. The van der Waals surface area contributed by atoms with Gasteiger partial charge in [-0.15, -0.1) is 0 Å². The third-order valence-corrected chi connectivity index (χ3v) is 1.40. The van der Waals surface area contributed by atoms with Crippen molar-refractivity contribution in [2.75, 3.05) is 0 Å². The van der Waals surface area contributed by atoms with Crippen LogP contribution in [-0.2, 0) is 6.42 Å². The molecule has 0 aromatic heterocycles. The fraction of sp³-hybridized carbons (Fsp3) is 0.222. The van der Waals surface area contributed by atoms with Crippen molar-refractivity contribution in [3.8, 4) is 0 Å². The normalized spacial score (nSPS) is 8.82. The van der Waals surface area contributed by atoms with E-state index in [2.05, 4.69) is 12.1 Å². The molecule has 1 aromatic rings. The summed E-state index contributed by atoms with van der Waals surface area (Å²) in [5.41, 5.74) is 1.27. The smallest absolute Gasteiger partial charge is 0.566 e. The Kier molecular flexibility index (Phi) is 6.98. The monoisotopic (exact) mass is 158 g/mol. The molecule has 54 valence electrons. The van der Waals surface area contributed by atoms with Gasteiger partial charge < -0.3 is 5.11 Å². The SMILES string of the molecule is O[CH-]CCc1ccccc1.[Na+]. The minimum atomic E-state index is 0. The van der Waals surface area contributed by atoms with E-state index in [-0.39, 0.29) is 29.6 Å². The number of rotatable bonds is 3. The van der Waals surface area contributed by atoms with Gasteiger partial charge in [0.25, 0.3) is 0 Å². The van der Waals surface area contributed by atoms with Gasteiger partial charge in [-0.05, 0) is 0 Å². The van der Waals surface area contributed by atoms with E-state index < -0.39 is 0 Å². The summed E-state index contributed by atoms with van der Waals surface area (Å²) in [6.07, 6.45) is 1.67. The summed E-state index contributed by atoms with van der Waals surface area (Å²) in [7, 11) is 0. The maximum Gasteiger partial charge on any atom is 1.00 e. The molecule has 0 saturated carbocycles. The van der Waals surface area contributed by atoms with Crippen LogP contribution in [0.1, 0.15) is 12.0 Å². The van der Waals surface area contributed by atoms with Crippen molar-refractivity contribution < 1.29 is 34.7 Å². The van der Waals surface area contributed by atoms with E-state index in [9.17, 15) is 0 Å². The van der Waals surface area contributed by atoms with Crippen LogP contribution < -0.4 is 29.6 Å². The molecule has 0 atom stereocenters. The largest absolute Gasteiger partial charge is 1.00 e. The van der Waals surface area contributed by atoms with Crippen LogP contribution in [0.15, 0.2) is 30.3 Å². The van der Waals surface area contributed by atoms with Gasteiger partial charge in [0.15, 0.2) is 0 Å². The van der Waals surface area contributed by atoms with Gasteiger partial charge in [-0.1, -0.05) is 42.3 Å². The van der Waals surface area contributed by atoms with E-state index >= 15 is 0 Å². The first-order valence-corrected chi connectivity index (χ1v) is 3.43. The van der Waals surface area contributed by atoms with Gasteiger partial charge in [0.05, 0.1) is 0 Å². The Morgan fingerprint density at radius 3 is 2.36 bits per heavy atom. The van der Waals surface area contributed by atoms with Crippen molar-refractivity contribution in [2.24, 2.45) is 0 Å². The van der Waals surface area contributed by atoms with Crippen molar-refractivity contribution in [3.63, 3.8) is 0 Å². The Balaban J connectivity index is 0.000001000. The molecule has 0 fully saturated rings. The van der Waals surface area contributed by atoms with Crippen LogP contribution in [-0.4, -0.2) is 5.11 Å². The summed E-state index contributed by atoms with van der Waals surface area (Å²) in [5, 5.41) is 8.40. The molecule has 0 aliphatic heterocycles. The predicted molar refractivity (Wildman–Crippen MR) is 41.0 cm³/mol. The summed E-state index contributed by atoms with van der Waals surface area (Å²) in [5.74, 6) is 0. The number of aryl methyl sites for hydroxylation is 1. The van der Waals surface area contributed by atoms with Gasteiger partial charge in [-0.3, -0.25) is 0 Å². The first kappa shape index (κ1) is 11.2. The summed E-state index contributed by atoms with van der Waals surface area (Å²) >= 11 is 0. The summed E-state index contributed by atoms with van der Waals surface area (Å²) in [6, 6.07) is 10.1. The maximum atomic E-state index is 8.40. The first-order valence-electron chi connectivity index (χ1n) is 3.43. The number of aliphatic hydroxyl groups is 1. The molecule has 0 unspecified atom stereocenters. The molecule has 1 nitrogen and oxygen atoms in total. The first-order chi connectivity index (χ1) is 4.93. The molecular weight excluding hydrogens is 147 g/mol. The van der Waals surface area contributed by atoms with Crippen molar-refractivity contribution in [1.29, 1.82) is 0 Å². The second-order valence-electron chi connectivity index (χ2n) is 2.21. The third kappa shape index (κ3) is 4.59. The Labute approximate surface area is 89.7 Å². The van der Waals surface area contributed by atoms with Crippen molar-refractivity contribution in [3.05, 3.63) is 42.5 Å². The molecule has 0 amide bonds. The Bertz CT molecular complexity index is 174. The Morgan fingerprint density at radius 1 is 1.18 bits per heavy atom. The van der Waals surface area contributed by atoms with Crippen LogP contribution in [0.4, 0.5) is 0 Å². The van der Waals surface area contributed by atoms with Crippen LogP contribution >= 0.6 is 0 Å². The zero-order valence-corrected chi connectivity index (χ0v) is 8.83. The van der Waals surface area contributed by atoms with Crippen LogP contribution in [0.2, 0.25) is 0 Å². The molecular formula is C9H11NaO. The van der Waals surface area contributed by atoms with Crippen LogP contribution in [0.5, 0.6) is 0 Å². The van der Waals surface area contributed by atoms with E-state index in [0.717, 1.165) is 12.8 Å². The molecule has 1 N–H and O–H groups in total. The van der Waals surface area contributed by atoms with Crippen molar-refractivity contribution in [2.45, 2.75) is 12.8 Å². The van der Waals surface area contributed by atoms with Gasteiger partial charge in [-0.25, -0.2) is 6.61 Å². The number of hydrogen-bond acceptors (Lipinski definition) is 1. The number of aliphatic hydroxyl groups excluding tert-OH is 1. The van der Waals surface area contributed by atoms with Crippen LogP contribution in [0.3, 0.4) is 0 Å². The Morgan fingerprint density at radius 2 is 1.82 bits per heavy atom. The maximum absolute atomic E-state index is 8.40. The molecule has 0 bridgehead atoms.